The van der Waals surface area contributed by atoms with Crippen LogP contribution in [-0.4, -0.2) is 48.6 Å². The van der Waals surface area contributed by atoms with Crippen LogP contribution < -0.4 is 25.0 Å². The SMILES string of the molecule is C[I-]NC(=O)C1(CN2CCOCC2)CC1. The van der Waals surface area contributed by atoms with E-state index in [-0.39, 0.29) is 26.9 Å². The predicted octanol–water partition coefficient (Wildman–Crippen LogP) is -3.15. The number of amides is 1. The summed E-state index contributed by atoms with van der Waals surface area (Å²) in [5, 5.41) is 0. The van der Waals surface area contributed by atoms with Crippen molar-refractivity contribution in [1.29, 1.82) is 0 Å². The van der Waals surface area contributed by atoms with Crippen LogP contribution in [0, 0.1) is 5.41 Å². The van der Waals surface area contributed by atoms with E-state index < -0.39 is 0 Å². The summed E-state index contributed by atoms with van der Waals surface area (Å²) < 4.78 is 8.36. The Labute approximate surface area is 101 Å². The molecule has 0 unspecified atom stereocenters. The maximum absolute atomic E-state index is 11.9. The first-order valence-corrected chi connectivity index (χ1v) is 8.59. The third-order valence-electron chi connectivity index (χ3n) is 3.15. The van der Waals surface area contributed by atoms with Gasteiger partial charge in [-0.15, -0.1) is 0 Å². The first-order valence-electron chi connectivity index (χ1n) is 5.36. The number of halogens is 1. The molecule has 1 aliphatic carbocycles. The molecule has 4 nitrogen and oxygen atoms in total. The van der Waals surface area contributed by atoms with E-state index in [0.29, 0.717) is 5.91 Å². The van der Waals surface area contributed by atoms with Gasteiger partial charge in [-0.2, -0.15) is 0 Å². The molecule has 2 rings (SSSR count). The Kier molecular flexibility index (Phi) is 3.84. The molecule has 2 fully saturated rings. The molecule has 0 aromatic heterocycles. The molecular formula is C10H18IN2O2-. The summed E-state index contributed by atoms with van der Waals surface area (Å²) >= 11 is -0.126. The second kappa shape index (κ2) is 4.97. The summed E-state index contributed by atoms with van der Waals surface area (Å²) in [5.41, 5.74) is -0.0347. The van der Waals surface area contributed by atoms with Crippen LogP contribution in [0.1, 0.15) is 12.8 Å². The fourth-order valence-electron chi connectivity index (χ4n) is 1.98. The van der Waals surface area contributed by atoms with Crippen molar-refractivity contribution in [3.63, 3.8) is 0 Å². The number of alkyl halides is 1. The zero-order chi connectivity index (χ0) is 10.7. The normalized spacial score (nSPS) is 25.1. The summed E-state index contributed by atoms with van der Waals surface area (Å²) in [4.78, 5) is 16.3. The van der Waals surface area contributed by atoms with E-state index in [1.165, 1.54) is 0 Å². The van der Waals surface area contributed by atoms with Gasteiger partial charge in [-0.3, -0.25) is 0 Å². The molecule has 0 radical (unpaired) electrons. The van der Waals surface area contributed by atoms with Gasteiger partial charge >= 0.3 is 101 Å². The molecule has 0 spiro atoms. The van der Waals surface area contributed by atoms with Crippen LogP contribution in [0.4, 0.5) is 0 Å². The van der Waals surface area contributed by atoms with Gasteiger partial charge in [-0.05, 0) is 0 Å². The van der Waals surface area contributed by atoms with Crippen LogP contribution in [0.25, 0.3) is 0 Å². The number of carbonyl (C=O) groups is 1. The molecule has 1 amide bonds. The van der Waals surface area contributed by atoms with Gasteiger partial charge in [0.2, 0.25) is 0 Å². The molecule has 1 N–H and O–H groups in total. The summed E-state index contributed by atoms with van der Waals surface area (Å²) in [6.07, 6.45) is 2.14. The fraction of sp³-hybridized carbons (Fsp3) is 0.900. The van der Waals surface area contributed by atoms with Crippen molar-refractivity contribution in [3.05, 3.63) is 0 Å². The second-order valence-corrected chi connectivity index (χ2v) is 5.90. The Balaban J connectivity index is 1.84. The summed E-state index contributed by atoms with van der Waals surface area (Å²) in [5.74, 6) is 0.296. The molecule has 1 aliphatic heterocycles. The summed E-state index contributed by atoms with van der Waals surface area (Å²) in [7, 11) is 0. The molecule has 1 heterocycles. The maximum atomic E-state index is 11.9. The van der Waals surface area contributed by atoms with E-state index in [2.05, 4.69) is 13.4 Å². The third kappa shape index (κ3) is 2.82. The standard InChI is InChI=1S/C10H18IN2O2/c1-11-12-9(14)10(2-3-10)8-13-4-6-15-7-5-13/h2-8H2,1H3,(H,12,14)/q-1. The van der Waals surface area contributed by atoms with Crippen molar-refractivity contribution in [1.82, 2.24) is 8.43 Å². The first-order chi connectivity index (χ1) is 7.27. The van der Waals surface area contributed by atoms with Crippen LogP contribution >= 0.6 is 0 Å². The van der Waals surface area contributed by atoms with E-state index in [1.54, 1.807) is 0 Å². The molecule has 2 aliphatic rings. The molecule has 0 atom stereocenters. The van der Waals surface area contributed by atoms with Gasteiger partial charge in [-0.1, -0.05) is 0 Å². The molecule has 1 saturated heterocycles. The molecule has 5 heteroatoms. The van der Waals surface area contributed by atoms with E-state index in [4.69, 9.17) is 4.74 Å². The number of rotatable bonds is 4. The van der Waals surface area contributed by atoms with E-state index in [1.807, 2.05) is 0 Å². The topological polar surface area (TPSA) is 41.6 Å². The number of hydrogen-bond acceptors (Lipinski definition) is 3. The van der Waals surface area contributed by atoms with Crippen molar-refractivity contribution < 1.29 is 31.0 Å². The Bertz CT molecular complexity index is 238. The van der Waals surface area contributed by atoms with Crippen LogP contribution in [0.15, 0.2) is 0 Å². The van der Waals surface area contributed by atoms with Gasteiger partial charge in [0, 0.05) is 0 Å². The molecule has 0 aromatic rings. The molecule has 88 valence electrons. The van der Waals surface area contributed by atoms with Crippen molar-refractivity contribution in [2.75, 3.05) is 37.8 Å². The molecular weight excluding hydrogens is 307 g/mol. The third-order valence-corrected chi connectivity index (χ3v) is 4.17. The summed E-state index contributed by atoms with van der Waals surface area (Å²) in [6, 6.07) is 0. The Hall–Kier alpha value is 0.120. The average molecular weight is 325 g/mol. The molecule has 1 saturated carbocycles. The van der Waals surface area contributed by atoms with E-state index >= 15 is 0 Å². The van der Waals surface area contributed by atoms with Gasteiger partial charge in [0.05, 0.1) is 0 Å². The minimum atomic E-state index is -0.126. The Morgan fingerprint density at radius 2 is 2.13 bits per heavy atom. The second-order valence-electron chi connectivity index (χ2n) is 4.28. The number of ether oxygens (including phenoxy) is 1. The number of nitrogens with one attached hydrogen (secondary N) is 1. The monoisotopic (exact) mass is 325 g/mol. The van der Waals surface area contributed by atoms with Gasteiger partial charge < -0.3 is 0 Å². The van der Waals surface area contributed by atoms with Gasteiger partial charge in [-0.25, -0.2) is 0 Å². The number of nitrogens with zero attached hydrogens (tertiary/aromatic N) is 1. The average Bonchev–Trinajstić information content (AvgIpc) is 3.01. The Morgan fingerprint density at radius 1 is 1.47 bits per heavy atom. The quantitative estimate of drug-likeness (QED) is 0.337. The van der Waals surface area contributed by atoms with E-state index in [9.17, 15) is 4.79 Å². The van der Waals surface area contributed by atoms with Crippen molar-refractivity contribution in [2.24, 2.45) is 5.41 Å². The molecule has 15 heavy (non-hydrogen) atoms. The summed E-state index contributed by atoms with van der Waals surface area (Å²) in [6.45, 7) is 4.54. The molecule has 0 bridgehead atoms. The number of carbonyl (C=O) groups excluding carboxylic acids is 1. The van der Waals surface area contributed by atoms with Gasteiger partial charge in [0.15, 0.2) is 0 Å². The first kappa shape index (κ1) is 11.6. The molecule has 0 aromatic carbocycles. The van der Waals surface area contributed by atoms with Crippen LogP contribution in [0.2, 0.25) is 0 Å². The van der Waals surface area contributed by atoms with Crippen molar-refractivity contribution in [3.8, 4) is 0 Å². The van der Waals surface area contributed by atoms with Gasteiger partial charge in [0.25, 0.3) is 0 Å². The zero-order valence-corrected chi connectivity index (χ0v) is 11.2. The Morgan fingerprint density at radius 3 is 2.67 bits per heavy atom. The van der Waals surface area contributed by atoms with Gasteiger partial charge in [0.1, 0.15) is 0 Å². The van der Waals surface area contributed by atoms with Crippen LogP contribution in [0.5, 0.6) is 0 Å². The fourth-order valence-corrected chi connectivity index (χ4v) is 3.04. The number of hydrogen-bond donors (Lipinski definition) is 1. The zero-order valence-electron chi connectivity index (χ0n) is 9.09. The number of morpholine rings is 1. The predicted molar refractivity (Wildman–Crippen MR) is 53.0 cm³/mol. The minimum absolute atomic E-state index is 0.0347. The van der Waals surface area contributed by atoms with Crippen molar-refractivity contribution >= 4 is 5.91 Å². The van der Waals surface area contributed by atoms with Crippen LogP contribution in [0.3, 0.4) is 0 Å². The van der Waals surface area contributed by atoms with Crippen LogP contribution in [-0.2, 0) is 9.53 Å². The van der Waals surface area contributed by atoms with E-state index in [0.717, 1.165) is 45.7 Å². The van der Waals surface area contributed by atoms with Crippen molar-refractivity contribution in [2.45, 2.75) is 12.8 Å².